The summed E-state index contributed by atoms with van der Waals surface area (Å²) in [4.78, 5) is 16.9. The van der Waals surface area contributed by atoms with Crippen LogP contribution in [0.4, 0.5) is 4.79 Å². The number of aromatic nitrogens is 2. The molecule has 1 amide bonds. The van der Waals surface area contributed by atoms with E-state index in [1.54, 1.807) is 6.08 Å². The monoisotopic (exact) mass is 437 g/mol. The number of hydrogen-bond donors (Lipinski definition) is 1. The van der Waals surface area contributed by atoms with E-state index in [0.717, 1.165) is 28.2 Å². The molecule has 0 radical (unpaired) electrons. The number of imidazole rings is 1. The van der Waals surface area contributed by atoms with Gasteiger partial charge in [-0.2, -0.15) is 0 Å². The Hall–Kier alpha value is -2.90. The summed E-state index contributed by atoms with van der Waals surface area (Å²) in [6.07, 6.45) is 1.31. The number of rotatable bonds is 10. The average molecular weight is 438 g/mol. The molecule has 0 atom stereocenters. The van der Waals surface area contributed by atoms with Gasteiger partial charge in [-0.25, -0.2) is 9.78 Å². The zero-order chi connectivity index (χ0) is 22.3. The largest absolute Gasteiger partial charge is 0.445 e. The SMILES string of the molecule is C=Cc1cccc2c1nc(CNC(=O)OCc1ccccc1)n2COCC[Si](C)(C)C. The number of nitrogens with one attached hydrogen (secondary N) is 1. The lowest BCUT2D eigenvalue weighted by Crippen LogP contribution is -2.26. The third-order valence-corrected chi connectivity index (χ3v) is 6.63. The maximum atomic E-state index is 12.2. The molecular weight excluding hydrogens is 406 g/mol. The van der Waals surface area contributed by atoms with E-state index in [9.17, 15) is 4.79 Å². The normalized spacial score (nSPS) is 11.5. The summed E-state index contributed by atoms with van der Waals surface area (Å²) >= 11 is 0. The number of amides is 1. The summed E-state index contributed by atoms with van der Waals surface area (Å²) < 4.78 is 13.3. The summed E-state index contributed by atoms with van der Waals surface area (Å²) in [5.74, 6) is 0.717. The van der Waals surface area contributed by atoms with Gasteiger partial charge in [0.05, 0.1) is 17.6 Å². The van der Waals surface area contributed by atoms with E-state index in [4.69, 9.17) is 14.5 Å². The van der Waals surface area contributed by atoms with Crippen LogP contribution in [0, 0.1) is 0 Å². The Morgan fingerprint density at radius 3 is 2.65 bits per heavy atom. The van der Waals surface area contributed by atoms with E-state index >= 15 is 0 Å². The van der Waals surface area contributed by atoms with E-state index in [0.29, 0.717) is 19.2 Å². The summed E-state index contributed by atoms with van der Waals surface area (Å²) in [6, 6.07) is 16.6. The van der Waals surface area contributed by atoms with E-state index < -0.39 is 14.2 Å². The van der Waals surface area contributed by atoms with Crippen LogP contribution in [0.5, 0.6) is 0 Å². The molecule has 0 aliphatic rings. The molecule has 7 heteroatoms. The van der Waals surface area contributed by atoms with Gasteiger partial charge >= 0.3 is 6.09 Å². The molecule has 2 aromatic carbocycles. The van der Waals surface area contributed by atoms with Crippen LogP contribution in [0.2, 0.25) is 25.7 Å². The molecule has 0 unspecified atom stereocenters. The minimum absolute atomic E-state index is 0.226. The fraction of sp³-hybridized carbons (Fsp3) is 0.333. The number of nitrogens with zero attached hydrogens (tertiary/aromatic N) is 2. The van der Waals surface area contributed by atoms with Crippen molar-refractivity contribution in [2.24, 2.45) is 0 Å². The Morgan fingerprint density at radius 2 is 1.94 bits per heavy atom. The molecule has 164 valence electrons. The summed E-state index contributed by atoms with van der Waals surface area (Å²) in [6.45, 7) is 12.4. The number of fused-ring (bicyclic) bond motifs is 1. The number of carbonyl (C=O) groups excluding carboxylic acids is 1. The Morgan fingerprint density at radius 1 is 1.16 bits per heavy atom. The number of ether oxygens (including phenoxy) is 2. The first-order valence-corrected chi connectivity index (χ1v) is 14.2. The molecule has 0 saturated carbocycles. The maximum Gasteiger partial charge on any atom is 0.407 e. The van der Waals surface area contributed by atoms with Gasteiger partial charge in [0.15, 0.2) is 0 Å². The highest BCUT2D eigenvalue weighted by atomic mass is 28.3. The lowest BCUT2D eigenvalue weighted by Gasteiger charge is -2.16. The van der Waals surface area contributed by atoms with Crippen LogP contribution in [0.15, 0.2) is 55.1 Å². The third-order valence-electron chi connectivity index (χ3n) is 4.93. The molecule has 0 fully saturated rings. The van der Waals surface area contributed by atoms with Gasteiger partial charge in [-0.15, -0.1) is 0 Å². The van der Waals surface area contributed by atoms with Crippen LogP contribution < -0.4 is 5.32 Å². The average Bonchev–Trinajstić information content (AvgIpc) is 3.11. The Kier molecular flexibility index (Phi) is 7.65. The predicted octanol–water partition coefficient (Wildman–Crippen LogP) is 5.42. The molecule has 31 heavy (non-hydrogen) atoms. The highest BCUT2D eigenvalue weighted by molar-refractivity contribution is 6.76. The molecule has 3 rings (SSSR count). The number of para-hydroxylation sites is 1. The van der Waals surface area contributed by atoms with Gasteiger partial charge < -0.3 is 19.4 Å². The molecule has 1 heterocycles. The van der Waals surface area contributed by atoms with Crippen molar-refractivity contribution < 1.29 is 14.3 Å². The fourth-order valence-electron chi connectivity index (χ4n) is 3.12. The van der Waals surface area contributed by atoms with Crippen molar-refractivity contribution in [2.45, 2.75) is 45.6 Å². The molecule has 0 aliphatic heterocycles. The Bertz CT molecular complexity index is 1030. The van der Waals surface area contributed by atoms with Gasteiger partial charge in [0.1, 0.15) is 19.2 Å². The van der Waals surface area contributed by atoms with E-state index in [2.05, 4.69) is 31.5 Å². The van der Waals surface area contributed by atoms with E-state index in [-0.39, 0.29) is 13.2 Å². The molecule has 0 aliphatic carbocycles. The number of carbonyl (C=O) groups is 1. The smallest absolute Gasteiger partial charge is 0.407 e. The van der Waals surface area contributed by atoms with Crippen molar-refractivity contribution >= 4 is 31.3 Å². The van der Waals surface area contributed by atoms with Crippen LogP contribution in [-0.4, -0.2) is 30.3 Å². The minimum Gasteiger partial charge on any atom is -0.445 e. The van der Waals surface area contributed by atoms with Crippen LogP contribution >= 0.6 is 0 Å². The van der Waals surface area contributed by atoms with Gasteiger partial charge in [-0.1, -0.05) is 74.8 Å². The summed E-state index contributed by atoms with van der Waals surface area (Å²) in [5, 5.41) is 2.80. The Balaban J connectivity index is 1.68. The van der Waals surface area contributed by atoms with Crippen LogP contribution in [-0.2, 0) is 29.4 Å². The second kappa shape index (κ2) is 10.4. The van der Waals surface area contributed by atoms with Gasteiger partial charge in [-0.05, 0) is 17.7 Å². The molecule has 6 nitrogen and oxygen atoms in total. The number of benzene rings is 2. The maximum absolute atomic E-state index is 12.2. The van der Waals surface area contributed by atoms with Crippen LogP contribution in [0.25, 0.3) is 17.1 Å². The first-order chi connectivity index (χ1) is 14.9. The second-order valence-corrected chi connectivity index (χ2v) is 14.3. The zero-order valence-corrected chi connectivity index (χ0v) is 19.6. The van der Waals surface area contributed by atoms with Gasteiger partial charge in [-0.3, -0.25) is 0 Å². The standard InChI is InChI=1S/C24H31N3O3Si/c1-5-20-12-9-13-21-23(20)26-22(27(21)18-29-14-15-31(2,3)4)16-25-24(28)30-17-19-10-7-6-8-11-19/h5-13H,1,14-18H2,2-4H3,(H,25,28). The van der Waals surface area contributed by atoms with Crippen molar-refractivity contribution in [3.05, 3.63) is 72.1 Å². The molecule has 0 bridgehead atoms. The molecule has 1 aromatic heterocycles. The lowest BCUT2D eigenvalue weighted by molar-refractivity contribution is 0.0873. The van der Waals surface area contributed by atoms with Crippen LogP contribution in [0.3, 0.4) is 0 Å². The predicted molar refractivity (Wildman–Crippen MR) is 127 cm³/mol. The zero-order valence-electron chi connectivity index (χ0n) is 18.6. The number of alkyl carbamates (subject to hydrolysis) is 1. The van der Waals surface area contributed by atoms with Crippen molar-refractivity contribution in [3.63, 3.8) is 0 Å². The fourth-order valence-corrected chi connectivity index (χ4v) is 3.88. The van der Waals surface area contributed by atoms with Crippen molar-refractivity contribution in [3.8, 4) is 0 Å². The molecule has 0 saturated heterocycles. The van der Waals surface area contributed by atoms with Gasteiger partial charge in [0, 0.05) is 20.2 Å². The van der Waals surface area contributed by atoms with Crippen LogP contribution in [0.1, 0.15) is 17.0 Å². The quantitative estimate of drug-likeness (QED) is 0.340. The lowest BCUT2D eigenvalue weighted by atomic mass is 10.2. The molecular formula is C24H31N3O3Si. The second-order valence-electron chi connectivity index (χ2n) is 8.64. The topological polar surface area (TPSA) is 65.4 Å². The van der Waals surface area contributed by atoms with Gasteiger partial charge in [0.2, 0.25) is 0 Å². The first-order valence-electron chi connectivity index (χ1n) is 10.5. The van der Waals surface area contributed by atoms with Crippen molar-refractivity contribution in [1.29, 1.82) is 0 Å². The molecule has 0 spiro atoms. The van der Waals surface area contributed by atoms with Crippen molar-refractivity contribution in [2.75, 3.05) is 6.61 Å². The minimum atomic E-state index is -1.17. The summed E-state index contributed by atoms with van der Waals surface area (Å²) in [7, 11) is -1.17. The van der Waals surface area contributed by atoms with E-state index in [1.807, 2.05) is 53.1 Å². The van der Waals surface area contributed by atoms with Crippen molar-refractivity contribution in [1.82, 2.24) is 14.9 Å². The Labute approximate surface area is 184 Å². The van der Waals surface area contributed by atoms with Gasteiger partial charge in [0.25, 0.3) is 0 Å². The first kappa shape index (κ1) is 22.8. The number of hydrogen-bond acceptors (Lipinski definition) is 4. The van der Waals surface area contributed by atoms with E-state index in [1.165, 1.54) is 0 Å². The highest BCUT2D eigenvalue weighted by Gasteiger charge is 2.16. The molecule has 3 aromatic rings. The third kappa shape index (κ3) is 6.54. The molecule has 1 N–H and O–H groups in total. The summed E-state index contributed by atoms with van der Waals surface area (Å²) in [5.41, 5.74) is 3.70. The highest BCUT2D eigenvalue weighted by Crippen LogP contribution is 2.21.